The molecular weight excluding hydrogens is 304 g/mol. The Morgan fingerprint density at radius 1 is 1.12 bits per heavy atom. The predicted octanol–water partition coefficient (Wildman–Crippen LogP) is 3.06. The smallest absolute Gasteiger partial charge is 0.241 e. The van der Waals surface area contributed by atoms with Crippen LogP contribution in [0.25, 0.3) is 0 Å². The molecule has 0 bridgehead atoms. The normalized spacial score (nSPS) is 19.5. The lowest BCUT2D eigenvalue weighted by Gasteiger charge is -2.33. The van der Waals surface area contributed by atoms with Crippen LogP contribution in [0.3, 0.4) is 0 Å². The molecule has 3 rings (SSSR count). The highest BCUT2D eigenvalue weighted by molar-refractivity contribution is 5.81. The lowest BCUT2D eigenvalue weighted by Crippen LogP contribution is -2.43. The lowest BCUT2D eigenvalue weighted by molar-refractivity contribution is -0.132. The van der Waals surface area contributed by atoms with Gasteiger partial charge in [0, 0.05) is 13.1 Å². The van der Waals surface area contributed by atoms with Gasteiger partial charge in [-0.3, -0.25) is 4.79 Å². The standard InChI is InChI=1S/C19H28N2O3/c1-23-18-9-5-4-8-17(18)20-14-19(22)21-12-10-16(11-13-21)24-15-6-2-3-7-15/h4-5,8-9,15-16,20H,2-3,6-7,10-14H2,1H3. The number of amides is 1. The molecule has 1 amide bonds. The summed E-state index contributed by atoms with van der Waals surface area (Å²) >= 11 is 0. The van der Waals surface area contributed by atoms with E-state index in [0.717, 1.165) is 37.4 Å². The van der Waals surface area contributed by atoms with Gasteiger partial charge in [0.2, 0.25) is 5.91 Å². The van der Waals surface area contributed by atoms with E-state index in [1.54, 1.807) is 7.11 Å². The number of likely N-dealkylation sites (tertiary alicyclic amines) is 1. The summed E-state index contributed by atoms with van der Waals surface area (Å²) in [6.45, 7) is 1.89. The molecule has 2 aliphatic rings. The van der Waals surface area contributed by atoms with Crippen molar-refractivity contribution in [1.29, 1.82) is 0 Å². The number of benzene rings is 1. The number of nitrogens with one attached hydrogen (secondary N) is 1. The molecule has 5 nitrogen and oxygen atoms in total. The molecular formula is C19H28N2O3. The van der Waals surface area contributed by atoms with E-state index in [0.29, 0.717) is 18.8 Å². The van der Waals surface area contributed by atoms with Crippen molar-refractivity contribution in [1.82, 2.24) is 4.90 Å². The Hall–Kier alpha value is -1.75. The maximum absolute atomic E-state index is 12.4. The van der Waals surface area contributed by atoms with E-state index < -0.39 is 0 Å². The highest BCUT2D eigenvalue weighted by Gasteiger charge is 2.26. The first-order chi connectivity index (χ1) is 11.8. The number of carbonyl (C=O) groups excluding carboxylic acids is 1. The van der Waals surface area contributed by atoms with E-state index in [9.17, 15) is 4.79 Å². The van der Waals surface area contributed by atoms with Gasteiger partial charge in [-0.15, -0.1) is 0 Å². The molecule has 1 N–H and O–H groups in total. The number of carbonyl (C=O) groups is 1. The van der Waals surface area contributed by atoms with Gasteiger partial charge in [-0.1, -0.05) is 25.0 Å². The summed E-state index contributed by atoms with van der Waals surface area (Å²) in [4.78, 5) is 14.3. The molecule has 1 aromatic carbocycles. The second kappa shape index (κ2) is 8.38. The van der Waals surface area contributed by atoms with Crippen molar-refractivity contribution in [2.75, 3.05) is 32.1 Å². The van der Waals surface area contributed by atoms with Gasteiger partial charge in [0.25, 0.3) is 0 Å². The maximum atomic E-state index is 12.4. The number of nitrogens with zero attached hydrogens (tertiary/aromatic N) is 1. The zero-order chi connectivity index (χ0) is 16.8. The van der Waals surface area contributed by atoms with Gasteiger partial charge < -0.3 is 19.7 Å². The third-order valence-electron chi connectivity index (χ3n) is 5.02. The van der Waals surface area contributed by atoms with Crippen LogP contribution in [0.2, 0.25) is 0 Å². The fourth-order valence-corrected chi connectivity index (χ4v) is 3.61. The van der Waals surface area contributed by atoms with Crippen molar-refractivity contribution < 1.29 is 14.3 Å². The molecule has 1 aliphatic carbocycles. The van der Waals surface area contributed by atoms with Crippen LogP contribution < -0.4 is 10.1 Å². The van der Waals surface area contributed by atoms with Gasteiger partial charge in [-0.05, 0) is 37.8 Å². The molecule has 1 saturated heterocycles. The van der Waals surface area contributed by atoms with Gasteiger partial charge in [-0.2, -0.15) is 0 Å². The summed E-state index contributed by atoms with van der Waals surface area (Å²) in [5, 5.41) is 3.18. The monoisotopic (exact) mass is 332 g/mol. The number of hydrogen-bond donors (Lipinski definition) is 1. The molecule has 0 spiro atoms. The molecule has 1 aliphatic heterocycles. The molecule has 5 heteroatoms. The Labute approximate surface area is 144 Å². The first-order valence-corrected chi connectivity index (χ1v) is 9.06. The summed E-state index contributed by atoms with van der Waals surface area (Å²) in [5.41, 5.74) is 0.854. The van der Waals surface area contributed by atoms with E-state index in [-0.39, 0.29) is 5.91 Å². The van der Waals surface area contributed by atoms with Gasteiger partial charge >= 0.3 is 0 Å². The second-order valence-corrected chi connectivity index (χ2v) is 6.68. The highest BCUT2D eigenvalue weighted by Crippen LogP contribution is 2.26. The van der Waals surface area contributed by atoms with Crippen molar-refractivity contribution in [3.05, 3.63) is 24.3 Å². The van der Waals surface area contributed by atoms with Crippen LogP contribution in [0.5, 0.6) is 5.75 Å². The minimum absolute atomic E-state index is 0.139. The molecule has 24 heavy (non-hydrogen) atoms. The van der Waals surface area contributed by atoms with Gasteiger partial charge in [0.15, 0.2) is 0 Å². The molecule has 0 radical (unpaired) electrons. The van der Waals surface area contributed by atoms with Gasteiger partial charge in [-0.25, -0.2) is 0 Å². The molecule has 0 aromatic heterocycles. The third kappa shape index (κ3) is 4.41. The Morgan fingerprint density at radius 3 is 2.50 bits per heavy atom. The Bertz CT molecular complexity index is 535. The van der Waals surface area contributed by atoms with Crippen LogP contribution in [-0.2, 0) is 9.53 Å². The van der Waals surface area contributed by atoms with Crippen LogP contribution >= 0.6 is 0 Å². The maximum Gasteiger partial charge on any atom is 0.241 e. The SMILES string of the molecule is COc1ccccc1NCC(=O)N1CCC(OC2CCCC2)CC1. The predicted molar refractivity (Wildman–Crippen MR) is 94.4 cm³/mol. The van der Waals surface area contributed by atoms with E-state index in [2.05, 4.69) is 5.32 Å². The number of anilines is 1. The Kier molecular flexibility index (Phi) is 5.96. The average molecular weight is 332 g/mol. The molecule has 1 aromatic rings. The minimum atomic E-state index is 0.139. The first kappa shape index (κ1) is 17.1. The number of piperidine rings is 1. The summed E-state index contributed by atoms with van der Waals surface area (Å²) in [5.74, 6) is 0.897. The number of methoxy groups -OCH3 is 1. The third-order valence-corrected chi connectivity index (χ3v) is 5.02. The average Bonchev–Trinajstić information content (AvgIpc) is 3.13. The second-order valence-electron chi connectivity index (χ2n) is 6.68. The zero-order valence-electron chi connectivity index (χ0n) is 14.5. The number of hydrogen-bond acceptors (Lipinski definition) is 4. The van der Waals surface area contributed by atoms with Crippen LogP contribution in [0.4, 0.5) is 5.69 Å². The number of rotatable bonds is 6. The highest BCUT2D eigenvalue weighted by atomic mass is 16.5. The van der Waals surface area contributed by atoms with Crippen LogP contribution in [0.1, 0.15) is 38.5 Å². The van der Waals surface area contributed by atoms with E-state index >= 15 is 0 Å². The fourth-order valence-electron chi connectivity index (χ4n) is 3.61. The fraction of sp³-hybridized carbons (Fsp3) is 0.632. The van der Waals surface area contributed by atoms with Gasteiger partial charge in [0.05, 0.1) is 31.5 Å². The van der Waals surface area contributed by atoms with Crippen LogP contribution in [0, 0.1) is 0 Å². The van der Waals surface area contributed by atoms with E-state index in [4.69, 9.17) is 9.47 Å². The topological polar surface area (TPSA) is 50.8 Å². The molecule has 0 atom stereocenters. The van der Waals surface area contributed by atoms with E-state index in [1.165, 1.54) is 25.7 Å². The molecule has 132 valence electrons. The minimum Gasteiger partial charge on any atom is -0.495 e. The van der Waals surface area contributed by atoms with E-state index in [1.807, 2.05) is 29.2 Å². The largest absolute Gasteiger partial charge is 0.495 e. The Morgan fingerprint density at radius 2 is 1.79 bits per heavy atom. The van der Waals surface area contributed by atoms with Crippen molar-refractivity contribution >= 4 is 11.6 Å². The first-order valence-electron chi connectivity index (χ1n) is 9.06. The number of para-hydroxylation sites is 2. The summed E-state index contributed by atoms with van der Waals surface area (Å²) in [7, 11) is 1.64. The summed E-state index contributed by atoms with van der Waals surface area (Å²) in [6, 6.07) is 7.66. The van der Waals surface area contributed by atoms with Crippen LogP contribution in [-0.4, -0.2) is 49.8 Å². The van der Waals surface area contributed by atoms with Crippen LogP contribution in [0.15, 0.2) is 24.3 Å². The van der Waals surface area contributed by atoms with Gasteiger partial charge in [0.1, 0.15) is 5.75 Å². The Balaban J connectivity index is 1.41. The number of ether oxygens (including phenoxy) is 2. The summed E-state index contributed by atoms with van der Waals surface area (Å²) in [6.07, 6.45) is 7.73. The summed E-state index contributed by atoms with van der Waals surface area (Å²) < 4.78 is 11.5. The molecule has 1 heterocycles. The molecule has 1 saturated carbocycles. The zero-order valence-corrected chi connectivity index (χ0v) is 14.5. The van der Waals surface area contributed by atoms with Crippen molar-refractivity contribution in [2.24, 2.45) is 0 Å². The lowest BCUT2D eigenvalue weighted by atomic mass is 10.1. The van der Waals surface area contributed by atoms with Crippen molar-refractivity contribution in [2.45, 2.75) is 50.7 Å². The molecule has 2 fully saturated rings. The quantitative estimate of drug-likeness (QED) is 0.870. The molecule has 0 unspecified atom stereocenters. The van der Waals surface area contributed by atoms with Crippen molar-refractivity contribution in [3.8, 4) is 5.75 Å². The van der Waals surface area contributed by atoms with Crippen molar-refractivity contribution in [3.63, 3.8) is 0 Å².